The zero-order valence-electron chi connectivity index (χ0n) is 16.6. The van der Waals surface area contributed by atoms with E-state index in [2.05, 4.69) is 32.4 Å². The Morgan fingerprint density at radius 2 is 2.04 bits per heavy atom. The molecule has 2 N–H and O–H groups in total. The summed E-state index contributed by atoms with van der Waals surface area (Å²) in [5, 5.41) is 6.73. The second-order valence-corrected chi connectivity index (χ2v) is 6.33. The first-order valence-electron chi connectivity index (χ1n) is 9.63. The summed E-state index contributed by atoms with van der Waals surface area (Å²) in [6.45, 7) is 8.84. The number of hydrogen-bond donors (Lipinski definition) is 2. The normalized spacial score (nSPS) is 15.1. The number of piperidine rings is 1. The molecular weight excluding hydrogens is 457 g/mol. The number of halogens is 1. The van der Waals surface area contributed by atoms with Gasteiger partial charge in [0, 0.05) is 38.5 Å². The third-order valence-corrected chi connectivity index (χ3v) is 4.30. The maximum atomic E-state index is 5.68. The molecule has 1 aliphatic heterocycles. The van der Waals surface area contributed by atoms with Crippen LogP contribution in [0.5, 0.6) is 5.88 Å². The number of guanidine groups is 1. The second-order valence-electron chi connectivity index (χ2n) is 6.33. The van der Waals surface area contributed by atoms with Crippen molar-refractivity contribution in [1.82, 2.24) is 20.5 Å². The van der Waals surface area contributed by atoms with Crippen LogP contribution in [-0.2, 0) is 11.3 Å². The van der Waals surface area contributed by atoms with Crippen LogP contribution in [0.2, 0.25) is 0 Å². The molecule has 1 aromatic heterocycles. The fraction of sp³-hybridized carbons (Fsp3) is 0.684. The molecule has 1 aromatic rings. The van der Waals surface area contributed by atoms with E-state index in [0.29, 0.717) is 25.6 Å². The van der Waals surface area contributed by atoms with E-state index < -0.39 is 0 Å². The van der Waals surface area contributed by atoms with Gasteiger partial charge in [-0.25, -0.2) is 9.98 Å². The van der Waals surface area contributed by atoms with Crippen molar-refractivity contribution in [3.05, 3.63) is 23.9 Å². The molecule has 0 saturated carbocycles. The Balaban J connectivity index is 0.00000364. The van der Waals surface area contributed by atoms with Gasteiger partial charge in [-0.2, -0.15) is 0 Å². The first-order valence-corrected chi connectivity index (χ1v) is 9.63. The number of pyridine rings is 1. The molecule has 0 aliphatic carbocycles. The van der Waals surface area contributed by atoms with E-state index in [1.165, 1.54) is 32.4 Å². The number of nitrogens with one attached hydrogen (secondary N) is 2. The average molecular weight is 491 g/mol. The number of nitrogens with zero attached hydrogens (tertiary/aromatic N) is 3. The molecule has 1 fully saturated rings. The molecule has 2 heterocycles. The molecule has 0 aromatic carbocycles. The minimum Gasteiger partial charge on any atom is -0.475 e. The van der Waals surface area contributed by atoms with Crippen LogP contribution in [0, 0.1) is 0 Å². The van der Waals surface area contributed by atoms with Crippen molar-refractivity contribution >= 4 is 29.9 Å². The predicted octanol–water partition coefficient (Wildman–Crippen LogP) is 2.27. The Bertz CT molecular complexity index is 539. The van der Waals surface area contributed by atoms with E-state index in [1.807, 2.05) is 12.1 Å². The highest BCUT2D eigenvalue weighted by Gasteiger charge is 2.10. The van der Waals surface area contributed by atoms with Crippen LogP contribution in [0.3, 0.4) is 0 Å². The summed E-state index contributed by atoms with van der Waals surface area (Å²) >= 11 is 0. The van der Waals surface area contributed by atoms with Crippen molar-refractivity contribution in [2.75, 3.05) is 53.0 Å². The van der Waals surface area contributed by atoms with Crippen molar-refractivity contribution in [2.45, 2.75) is 32.7 Å². The quantitative estimate of drug-likeness (QED) is 0.227. The van der Waals surface area contributed by atoms with Crippen LogP contribution < -0.4 is 15.4 Å². The van der Waals surface area contributed by atoms with Crippen LogP contribution in [0.1, 0.15) is 31.7 Å². The molecule has 8 heteroatoms. The summed E-state index contributed by atoms with van der Waals surface area (Å²) in [6.07, 6.45) is 5.74. The lowest BCUT2D eigenvalue weighted by atomic mass is 10.1. The van der Waals surface area contributed by atoms with Gasteiger partial charge in [0.05, 0.1) is 13.2 Å². The van der Waals surface area contributed by atoms with Crippen molar-refractivity contribution in [2.24, 2.45) is 4.99 Å². The lowest BCUT2D eigenvalue weighted by Crippen LogP contribution is -2.42. The summed E-state index contributed by atoms with van der Waals surface area (Å²) < 4.78 is 10.7. The van der Waals surface area contributed by atoms with Crippen molar-refractivity contribution in [3.63, 3.8) is 0 Å². The zero-order chi connectivity index (χ0) is 18.5. The number of ether oxygens (including phenoxy) is 2. The molecule has 0 spiro atoms. The molecule has 1 aliphatic rings. The largest absolute Gasteiger partial charge is 0.475 e. The molecule has 0 bridgehead atoms. The number of likely N-dealkylation sites (tertiary alicyclic amines) is 1. The highest BCUT2D eigenvalue weighted by molar-refractivity contribution is 14.0. The van der Waals surface area contributed by atoms with Crippen LogP contribution in [0.4, 0.5) is 0 Å². The van der Waals surface area contributed by atoms with Gasteiger partial charge in [0.15, 0.2) is 5.96 Å². The van der Waals surface area contributed by atoms with E-state index in [-0.39, 0.29) is 24.0 Å². The molecule has 154 valence electrons. The van der Waals surface area contributed by atoms with Crippen molar-refractivity contribution < 1.29 is 9.47 Å². The van der Waals surface area contributed by atoms with E-state index >= 15 is 0 Å². The van der Waals surface area contributed by atoms with Gasteiger partial charge in [-0.1, -0.05) is 12.5 Å². The Morgan fingerprint density at radius 1 is 1.22 bits per heavy atom. The van der Waals surface area contributed by atoms with E-state index in [9.17, 15) is 0 Å². The van der Waals surface area contributed by atoms with Gasteiger partial charge in [0.2, 0.25) is 5.88 Å². The third kappa shape index (κ3) is 9.57. The van der Waals surface area contributed by atoms with Gasteiger partial charge >= 0.3 is 0 Å². The fourth-order valence-electron chi connectivity index (χ4n) is 2.92. The van der Waals surface area contributed by atoms with Crippen molar-refractivity contribution in [1.29, 1.82) is 0 Å². The van der Waals surface area contributed by atoms with Gasteiger partial charge in [-0.15, -0.1) is 24.0 Å². The molecule has 0 radical (unpaired) electrons. The maximum Gasteiger partial charge on any atom is 0.218 e. The molecular formula is C19H34IN5O2. The number of methoxy groups -OCH3 is 1. The summed E-state index contributed by atoms with van der Waals surface area (Å²) in [7, 11) is 1.66. The summed E-state index contributed by atoms with van der Waals surface area (Å²) in [5.74, 6) is 1.45. The van der Waals surface area contributed by atoms with E-state index in [0.717, 1.165) is 31.2 Å². The molecule has 27 heavy (non-hydrogen) atoms. The molecule has 0 unspecified atom stereocenters. The minimum absolute atomic E-state index is 0. The zero-order valence-corrected chi connectivity index (χ0v) is 18.9. The number of aliphatic imine (C=N–C) groups is 1. The Kier molecular flexibility index (Phi) is 13.2. The minimum atomic E-state index is 0. The first kappa shape index (κ1) is 23.9. The van der Waals surface area contributed by atoms with Gasteiger partial charge in [-0.05, 0) is 38.9 Å². The van der Waals surface area contributed by atoms with Crippen LogP contribution in [0.25, 0.3) is 0 Å². The average Bonchev–Trinajstić information content (AvgIpc) is 2.68. The van der Waals surface area contributed by atoms with E-state index in [1.54, 1.807) is 13.3 Å². The molecule has 0 atom stereocenters. The molecule has 0 amide bonds. The second kappa shape index (κ2) is 14.9. The number of rotatable bonds is 10. The lowest BCUT2D eigenvalue weighted by molar-refractivity contribution is 0.143. The van der Waals surface area contributed by atoms with Gasteiger partial charge < -0.3 is 25.0 Å². The Labute approximate surface area is 180 Å². The van der Waals surface area contributed by atoms with Gasteiger partial charge in [0.1, 0.15) is 6.61 Å². The fourth-order valence-corrected chi connectivity index (χ4v) is 2.92. The standard InChI is InChI=1S/C19H33N5O2.HI/c1-3-20-19(22-10-13-24-11-5-4-6-12-24)23-16-17-8-7-9-21-18(17)26-15-14-25-2;/h7-9H,3-6,10-16H2,1-2H3,(H2,20,22,23);1H. The van der Waals surface area contributed by atoms with E-state index in [4.69, 9.17) is 9.47 Å². The van der Waals surface area contributed by atoms with Gasteiger partial charge in [-0.3, -0.25) is 0 Å². The highest BCUT2D eigenvalue weighted by Crippen LogP contribution is 2.15. The number of hydrogen-bond acceptors (Lipinski definition) is 5. The Hall–Kier alpha value is -1.13. The SMILES string of the molecule is CCNC(=NCc1cccnc1OCCOC)NCCN1CCCCC1.I. The summed E-state index contributed by atoms with van der Waals surface area (Å²) in [6, 6.07) is 3.90. The predicted molar refractivity (Wildman–Crippen MR) is 120 cm³/mol. The molecule has 1 saturated heterocycles. The Morgan fingerprint density at radius 3 is 2.78 bits per heavy atom. The highest BCUT2D eigenvalue weighted by atomic mass is 127. The monoisotopic (exact) mass is 491 g/mol. The summed E-state index contributed by atoms with van der Waals surface area (Å²) in [4.78, 5) is 11.5. The third-order valence-electron chi connectivity index (χ3n) is 4.30. The summed E-state index contributed by atoms with van der Waals surface area (Å²) in [5.41, 5.74) is 0.969. The van der Waals surface area contributed by atoms with Crippen LogP contribution in [-0.4, -0.2) is 68.9 Å². The molecule has 7 nitrogen and oxygen atoms in total. The smallest absolute Gasteiger partial charge is 0.218 e. The van der Waals surface area contributed by atoms with Gasteiger partial charge in [0.25, 0.3) is 0 Å². The first-order chi connectivity index (χ1) is 12.8. The van der Waals surface area contributed by atoms with Crippen molar-refractivity contribution in [3.8, 4) is 5.88 Å². The maximum absolute atomic E-state index is 5.68. The number of aromatic nitrogens is 1. The van der Waals surface area contributed by atoms with Crippen LogP contribution in [0.15, 0.2) is 23.3 Å². The lowest BCUT2D eigenvalue weighted by Gasteiger charge is -2.26. The molecule has 2 rings (SSSR count). The van der Waals surface area contributed by atoms with Crippen LogP contribution >= 0.6 is 24.0 Å². The topological polar surface area (TPSA) is 71.0 Å².